The number of hydrogen-bond acceptors (Lipinski definition) is 3. The minimum absolute atomic E-state index is 0.330. The van der Waals surface area contributed by atoms with Crippen LogP contribution >= 0.6 is 0 Å². The average molecular weight is 297 g/mol. The Hall–Kier alpha value is -0.330. The third-order valence-corrected chi connectivity index (χ3v) is 3.83. The van der Waals surface area contributed by atoms with Crippen molar-refractivity contribution < 1.29 is 13.2 Å². The Kier molecular flexibility index (Phi) is 9.42. The first-order valence-electron chi connectivity index (χ1n) is 7.60. The molecule has 0 aromatic carbocycles. The zero-order chi connectivity index (χ0) is 15.8. The van der Waals surface area contributed by atoms with Crippen molar-refractivity contribution in [3.8, 4) is 0 Å². The van der Waals surface area contributed by atoms with Gasteiger partial charge in [-0.1, -0.05) is 27.7 Å². The van der Waals surface area contributed by atoms with Gasteiger partial charge in [0.2, 0.25) is 0 Å². The monoisotopic (exact) mass is 297 g/mol. The van der Waals surface area contributed by atoms with Crippen molar-refractivity contribution in [2.45, 2.75) is 58.8 Å². The molecule has 2 unspecified atom stereocenters. The fourth-order valence-corrected chi connectivity index (χ4v) is 2.47. The van der Waals surface area contributed by atoms with Gasteiger partial charge in [0, 0.05) is 12.6 Å². The van der Waals surface area contributed by atoms with Gasteiger partial charge in [-0.05, 0) is 39.0 Å². The highest BCUT2D eigenvalue weighted by atomic mass is 19.4. The predicted molar refractivity (Wildman–Crippen MR) is 77.8 cm³/mol. The molecule has 3 nitrogen and oxygen atoms in total. The van der Waals surface area contributed by atoms with E-state index in [-0.39, 0.29) is 0 Å². The van der Waals surface area contributed by atoms with Crippen LogP contribution in [0.2, 0.25) is 0 Å². The van der Waals surface area contributed by atoms with E-state index in [1.807, 2.05) is 0 Å². The van der Waals surface area contributed by atoms with Gasteiger partial charge in [-0.25, -0.2) is 0 Å². The maximum absolute atomic E-state index is 13.2. The van der Waals surface area contributed by atoms with Gasteiger partial charge < -0.3 is 10.6 Å². The summed E-state index contributed by atoms with van der Waals surface area (Å²) in [6.45, 7) is 11.1. The molecule has 6 heteroatoms. The molecule has 0 aromatic heterocycles. The van der Waals surface area contributed by atoms with Crippen LogP contribution in [0.25, 0.3) is 0 Å². The second-order valence-electron chi connectivity index (χ2n) is 5.07. The SMILES string of the molecule is CCC(N)C(N(CC)CCCN(CC)CC)C(F)(F)F. The number of rotatable bonds is 10. The maximum Gasteiger partial charge on any atom is 0.405 e. The molecule has 0 heterocycles. The molecular formula is C14H30F3N3. The molecule has 0 saturated heterocycles. The minimum Gasteiger partial charge on any atom is -0.326 e. The highest BCUT2D eigenvalue weighted by Gasteiger charge is 2.45. The number of halogens is 3. The van der Waals surface area contributed by atoms with Crippen LogP contribution in [0, 0.1) is 0 Å². The number of alkyl halides is 3. The van der Waals surface area contributed by atoms with Gasteiger partial charge >= 0.3 is 6.18 Å². The number of hydrogen-bond donors (Lipinski definition) is 1. The van der Waals surface area contributed by atoms with Crippen molar-refractivity contribution in [3.63, 3.8) is 0 Å². The van der Waals surface area contributed by atoms with Gasteiger partial charge in [0.1, 0.15) is 6.04 Å². The van der Waals surface area contributed by atoms with Crippen molar-refractivity contribution in [2.75, 3.05) is 32.7 Å². The number of nitrogens with two attached hydrogens (primary N) is 1. The van der Waals surface area contributed by atoms with E-state index in [2.05, 4.69) is 18.7 Å². The fourth-order valence-electron chi connectivity index (χ4n) is 2.47. The Morgan fingerprint density at radius 3 is 1.85 bits per heavy atom. The lowest BCUT2D eigenvalue weighted by atomic mass is 10.0. The minimum atomic E-state index is -4.26. The van der Waals surface area contributed by atoms with Crippen molar-refractivity contribution >= 4 is 0 Å². The molecule has 0 aliphatic heterocycles. The van der Waals surface area contributed by atoms with E-state index >= 15 is 0 Å². The summed E-state index contributed by atoms with van der Waals surface area (Å²) >= 11 is 0. The Morgan fingerprint density at radius 1 is 0.950 bits per heavy atom. The fraction of sp³-hybridized carbons (Fsp3) is 1.00. The topological polar surface area (TPSA) is 32.5 Å². The first-order chi connectivity index (χ1) is 9.31. The summed E-state index contributed by atoms with van der Waals surface area (Å²) in [5.41, 5.74) is 5.69. The molecule has 2 N–H and O–H groups in total. The lowest BCUT2D eigenvalue weighted by Crippen LogP contribution is -2.56. The van der Waals surface area contributed by atoms with E-state index in [0.29, 0.717) is 19.5 Å². The highest BCUT2D eigenvalue weighted by molar-refractivity contribution is 4.87. The maximum atomic E-state index is 13.2. The molecule has 122 valence electrons. The quantitative estimate of drug-likeness (QED) is 0.673. The Bertz CT molecular complexity index is 242. The molecule has 2 atom stereocenters. The van der Waals surface area contributed by atoms with Gasteiger partial charge in [-0.2, -0.15) is 13.2 Å². The van der Waals surface area contributed by atoms with Crippen molar-refractivity contribution in [1.29, 1.82) is 0 Å². The number of nitrogens with zero attached hydrogens (tertiary/aromatic N) is 2. The van der Waals surface area contributed by atoms with Crippen LogP contribution in [0.4, 0.5) is 13.2 Å². The second kappa shape index (κ2) is 9.58. The Morgan fingerprint density at radius 2 is 1.50 bits per heavy atom. The summed E-state index contributed by atoms with van der Waals surface area (Å²) in [5, 5.41) is 0. The van der Waals surface area contributed by atoms with Crippen LogP contribution in [0.5, 0.6) is 0 Å². The summed E-state index contributed by atoms with van der Waals surface area (Å²) in [4.78, 5) is 3.69. The molecule has 0 spiro atoms. The zero-order valence-electron chi connectivity index (χ0n) is 13.2. The van der Waals surface area contributed by atoms with E-state index in [1.54, 1.807) is 13.8 Å². The van der Waals surface area contributed by atoms with Crippen LogP contribution in [0.1, 0.15) is 40.5 Å². The van der Waals surface area contributed by atoms with E-state index in [9.17, 15) is 13.2 Å². The molecule has 0 bridgehead atoms. The molecule has 0 rings (SSSR count). The molecule has 0 radical (unpaired) electrons. The molecule has 0 aliphatic carbocycles. The van der Waals surface area contributed by atoms with Gasteiger partial charge in [-0.15, -0.1) is 0 Å². The van der Waals surface area contributed by atoms with Crippen LogP contribution < -0.4 is 5.73 Å². The molecule has 0 fully saturated rings. The highest BCUT2D eigenvalue weighted by Crippen LogP contribution is 2.27. The van der Waals surface area contributed by atoms with E-state index < -0.39 is 18.3 Å². The second-order valence-corrected chi connectivity index (χ2v) is 5.07. The summed E-state index contributed by atoms with van der Waals surface area (Å²) in [6, 6.07) is -2.39. The summed E-state index contributed by atoms with van der Waals surface area (Å²) < 4.78 is 39.5. The van der Waals surface area contributed by atoms with Crippen LogP contribution in [0.3, 0.4) is 0 Å². The van der Waals surface area contributed by atoms with Crippen LogP contribution in [0.15, 0.2) is 0 Å². The summed E-state index contributed by atoms with van der Waals surface area (Å²) in [7, 11) is 0. The molecule has 0 saturated carbocycles. The van der Waals surface area contributed by atoms with Crippen molar-refractivity contribution in [1.82, 2.24) is 9.80 Å². The summed E-state index contributed by atoms with van der Waals surface area (Å²) in [6.07, 6.45) is -3.20. The summed E-state index contributed by atoms with van der Waals surface area (Å²) in [5.74, 6) is 0. The predicted octanol–water partition coefficient (Wildman–Crippen LogP) is 2.71. The van der Waals surface area contributed by atoms with E-state index in [0.717, 1.165) is 26.1 Å². The first-order valence-corrected chi connectivity index (χ1v) is 7.60. The molecule has 20 heavy (non-hydrogen) atoms. The third-order valence-electron chi connectivity index (χ3n) is 3.83. The average Bonchev–Trinajstić information content (AvgIpc) is 2.40. The van der Waals surface area contributed by atoms with Gasteiger partial charge in [0.25, 0.3) is 0 Å². The lowest BCUT2D eigenvalue weighted by molar-refractivity contribution is -0.189. The van der Waals surface area contributed by atoms with Gasteiger partial charge in [-0.3, -0.25) is 4.90 Å². The third kappa shape index (κ3) is 6.41. The first kappa shape index (κ1) is 19.7. The zero-order valence-corrected chi connectivity index (χ0v) is 13.2. The van der Waals surface area contributed by atoms with E-state index in [4.69, 9.17) is 5.73 Å². The molecular weight excluding hydrogens is 267 g/mol. The lowest BCUT2D eigenvalue weighted by Gasteiger charge is -2.36. The van der Waals surface area contributed by atoms with E-state index in [1.165, 1.54) is 4.90 Å². The number of likely N-dealkylation sites (N-methyl/N-ethyl adjacent to an activating group) is 1. The standard InChI is InChI=1S/C14H30F3N3/c1-5-12(18)13(14(15,16)17)20(8-4)11-9-10-19(6-2)7-3/h12-13H,5-11,18H2,1-4H3. The normalized spacial score (nSPS) is 15.9. The largest absolute Gasteiger partial charge is 0.405 e. The van der Waals surface area contributed by atoms with Crippen molar-refractivity contribution in [3.05, 3.63) is 0 Å². The Labute approximate surface area is 121 Å². The molecule has 0 aromatic rings. The molecule has 0 amide bonds. The smallest absolute Gasteiger partial charge is 0.326 e. The van der Waals surface area contributed by atoms with Gasteiger partial charge in [0.15, 0.2) is 0 Å². The van der Waals surface area contributed by atoms with Gasteiger partial charge in [0.05, 0.1) is 0 Å². The molecule has 0 aliphatic rings. The Balaban J connectivity index is 4.60. The van der Waals surface area contributed by atoms with Crippen LogP contribution in [-0.4, -0.2) is 60.8 Å². The van der Waals surface area contributed by atoms with Crippen molar-refractivity contribution in [2.24, 2.45) is 5.73 Å². The van der Waals surface area contributed by atoms with Crippen LogP contribution in [-0.2, 0) is 0 Å².